The smallest absolute Gasteiger partial charge is 0.225 e. The van der Waals surface area contributed by atoms with E-state index in [0.717, 1.165) is 41.1 Å². The molecular formula is C31H44BN5O2Si. The van der Waals surface area contributed by atoms with Crippen molar-refractivity contribution in [1.82, 2.24) is 19.7 Å². The second-order valence-electron chi connectivity index (χ2n) is 11.3. The fourth-order valence-electron chi connectivity index (χ4n) is 4.41. The number of amides is 1. The first-order chi connectivity index (χ1) is 19.3. The highest BCUT2D eigenvalue weighted by Gasteiger charge is 2.16. The Kier molecular flexibility index (Phi) is 12.1. The van der Waals surface area contributed by atoms with E-state index in [-0.39, 0.29) is 5.91 Å². The molecule has 0 radical (unpaired) electrons. The molecule has 9 heteroatoms. The molecule has 0 aliphatic rings. The van der Waals surface area contributed by atoms with Crippen LogP contribution in [0.5, 0.6) is 0 Å². The normalized spacial score (nSPS) is 11.2. The summed E-state index contributed by atoms with van der Waals surface area (Å²) in [6.45, 7) is 15.2. The number of carbonyl (C=O) groups is 1. The van der Waals surface area contributed by atoms with Gasteiger partial charge in [-0.25, -0.2) is 4.68 Å². The molecule has 0 spiro atoms. The van der Waals surface area contributed by atoms with E-state index in [9.17, 15) is 4.79 Å². The standard InChI is InChI=1S/C22H30N4O2Si.C9H14BN/c1-5-7-21(27)24-22-19-10-9-17(18-8-6-11-23-15-18)14-20(19)26(25-22)16-28-12-13-29(2,3)4;1-3-10(4-2)9-6-5-7-11-8-9/h6,8-11,14-15H,5,7,12-13,16H2,1-4H3,(H,24,25,27);5-8H,3-4H2,1-2H3. The number of rotatable bonds is 12. The van der Waals surface area contributed by atoms with E-state index in [1.54, 1.807) is 6.20 Å². The highest BCUT2D eigenvalue weighted by Crippen LogP contribution is 2.29. The van der Waals surface area contributed by atoms with Gasteiger partial charge in [0.2, 0.25) is 5.91 Å². The monoisotopic (exact) mass is 557 g/mol. The third-order valence-electron chi connectivity index (χ3n) is 6.83. The van der Waals surface area contributed by atoms with Gasteiger partial charge in [-0.1, -0.05) is 76.7 Å². The first-order valence-electron chi connectivity index (χ1n) is 14.4. The molecule has 0 aliphatic heterocycles. The molecular weight excluding hydrogens is 513 g/mol. The summed E-state index contributed by atoms with van der Waals surface area (Å²) in [5.74, 6) is 0.569. The lowest BCUT2D eigenvalue weighted by molar-refractivity contribution is -0.116. The second-order valence-corrected chi connectivity index (χ2v) is 16.9. The molecule has 4 rings (SSSR count). The lowest BCUT2D eigenvalue weighted by Crippen LogP contribution is -2.27. The molecule has 1 N–H and O–H groups in total. The summed E-state index contributed by atoms with van der Waals surface area (Å²) >= 11 is 0. The van der Waals surface area contributed by atoms with Crippen molar-refractivity contribution in [2.75, 3.05) is 11.9 Å². The number of aromatic nitrogens is 4. The van der Waals surface area contributed by atoms with Gasteiger partial charge in [-0.15, -0.1) is 0 Å². The average molecular weight is 558 g/mol. The zero-order valence-electron chi connectivity index (χ0n) is 25.0. The molecule has 1 amide bonds. The molecule has 1 aromatic carbocycles. The molecule has 0 fully saturated rings. The lowest BCUT2D eigenvalue weighted by Gasteiger charge is -2.15. The van der Waals surface area contributed by atoms with Crippen molar-refractivity contribution < 1.29 is 9.53 Å². The summed E-state index contributed by atoms with van der Waals surface area (Å²) < 4.78 is 7.76. The molecule has 0 unspecified atom stereocenters. The van der Waals surface area contributed by atoms with Crippen LogP contribution in [-0.4, -0.2) is 47.0 Å². The van der Waals surface area contributed by atoms with Crippen molar-refractivity contribution in [3.8, 4) is 11.1 Å². The predicted octanol–water partition coefficient (Wildman–Crippen LogP) is 6.97. The van der Waals surface area contributed by atoms with E-state index >= 15 is 0 Å². The molecule has 4 aromatic rings. The molecule has 0 bridgehead atoms. The first-order valence-corrected chi connectivity index (χ1v) is 18.1. The van der Waals surface area contributed by atoms with Crippen molar-refractivity contribution in [2.45, 2.75) is 78.7 Å². The Morgan fingerprint density at radius 3 is 2.30 bits per heavy atom. The van der Waals surface area contributed by atoms with Crippen molar-refractivity contribution in [3.63, 3.8) is 0 Å². The Bertz CT molecular complexity index is 1320. The van der Waals surface area contributed by atoms with Crippen LogP contribution in [0.15, 0.2) is 67.3 Å². The minimum Gasteiger partial charge on any atom is -0.360 e. The quantitative estimate of drug-likeness (QED) is 0.150. The molecule has 0 saturated carbocycles. The van der Waals surface area contributed by atoms with Gasteiger partial charge in [-0.3, -0.25) is 14.8 Å². The second kappa shape index (κ2) is 15.5. The van der Waals surface area contributed by atoms with E-state index < -0.39 is 8.07 Å². The van der Waals surface area contributed by atoms with Gasteiger partial charge in [0.1, 0.15) is 6.73 Å². The number of ether oxygens (including phenoxy) is 1. The molecule has 0 saturated heterocycles. The van der Waals surface area contributed by atoms with Crippen LogP contribution in [0.2, 0.25) is 38.3 Å². The van der Waals surface area contributed by atoms with Crippen molar-refractivity contribution in [2.24, 2.45) is 0 Å². The Labute approximate surface area is 240 Å². The van der Waals surface area contributed by atoms with E-state index in [0.29, 0.717) is 25.7 Å². The van der Waals surface area contributed by atoms with Gasteiger partial charge >= 0.3 is 0 Å². The number of hydrogen-bond donors (Lipinski definition) is 1. The Morgan fingerprint density at radius 2 is 1.70 bits per heavy atom. The number of pyridine rings is 2. The maximum absolute atomic E-state index is 12.1. The van der Waals surface area contributed by atoms with Crippen LogP contribution in [0.4, 0.5) is 5.82 Å². The first kappa shape index (κ1) is 31.2. The summed E-state index contributed by atoms with van der Waals surface area (Å²) in [5.41, 5.74) is 4.40. The Morgan fingerprint density at radius 1 is 0.975 bits per heavy atom. The summed E-state index contributed by atoms with van der Waals surface area (Å²) in [4.78, 5) is 20.4. The highest BCUT2D eigenvalue weighted by molar-refractivity contribution is 6.76. The number of benzene rings is 1. The van der Waals surface area contributed by atoms with Crippen molar-refractivity contribution in [3.05, 3.63) is 67.3 Å². The van der Waals surface area contributed by atoms with Crippen LogP contribution in [0, 0.1) is 0 Å². The van der Waals surface area contributed by atoms with Gasteiger partial charge in [0, 0.05) is 56.8 Å². The minimum absolute atomic E-state index is 0.0185. The number of fused-ring (bicyclic) bond motifs is 1. The number of nitrogens with zero attached hydrogens (tertiary/aromatic N) is 4. The van der Waals surface area contributed by atoms with Crippen molar-refractivity contribution >= 4 is 42.9 Å². The summed E-state index contributed by atoms with van der Waals surface area (Å²) in [6.07, 6.45) is 11.1. The predicted molar refractivity (Wildman–Crippen MR) is 171 cm³/mol. The average Bonchev–Trinajstić information content (AvgIpc) is 3.29. The molecule has 212 valence electrons. The maximum atomic E-state index is 12.1. The number of carbonyl (C=O) groups excluding carboxylic acids is 1. The largest absolute Gasteiger partial charge is 0.360 e. The van der Waals surface area contributed by atoms with Crippen LogP contribution in [0.3, 0.4) is 0 Å². The molecule has 40 heavy (non-hydrogen) atoms. The Balaban J connectivity index is 0.000000336. The molecule has 3 heterocycles. The Hall–Kier alpha value is -3.30. The van der Waals surface area contributed by atoms with E-state index in [1.807, 2.05) is 60.5 Å². The van der Waals surface area contributed by atoms with E-state index in [4.69, 9.17) is 4.74 Å². The number of nitrogens with one attached hydrogen (secondary N) is 1. The summed E-state index contributed by atoms with van der Waals surface area (Å²) in [5, 5.41) is 8.50. The third kappa shape index (κ3) is 9.42. The van der Waals surface area contributed by atoms with Crippen molar-refractivity contribution in [1.29, 1.82) is 0 Å². The van der Waals surface area contributed by atoms with E-state index in [1.165, 1.54) is 18.1 Å². The molecule has 0 atom stereocenters. The summed E-state index contributed by atoms with van der Waals surface area (Å²) in [7, 11) is -1.15. The van der Waals surface area contributed by atoms with Gasteiger partial charge in [0.15, 0.2) is 12.5 Å². The minimum atomic E-state index is -1.15. The third-order valence-corrected chi connectivity index (χ3v) is 8.54. The van der Waals surface area contributed by atoms with Gasteiger partial charge in [0.05, 0.1) is 5.52 Å². The van der Waals surface area contributed by atoms with Gasteiger partial charge in [0.25, 0.3) is 0 Å². The van der Waals surface area contributed by atoms with Gasteiger partial charge in [-0.2, -0.15) is 5.10 Å². The fourth-order valence-corrected chi connectivity index (χ4v) is 5.16. The molecule has 0 aliphatic carbocycles. The van der Waals surface area contributed by atoms with Crippen LogP contribution in [0.1, 0.15) is 33.6 Å². The number of hydrogen-bond acceptors (Lipinski definition) is 5. The van der Waals surface area contributed by atoms with Gasteiger partial charge < -0.3 is 10.1 Å². The van der Waals surface area contributed by atoms with Crippen LogP contribution < -0.4 is 10.8 Å². The summed E-state index contributed by atoms with van der Waals surface area (Å²) in [6, 6.07) is 15.3. The SMILES string of the molecule is CCB(CC)c1cccnc1.CCCC(=O)Nc1nn(COCC[Si](C)(C)C)c2cc(-c3cccnc3)ccc12. The maximum Gasteiger partial charge on any atom is 0.225 e. The fraction of sp³-hybridized carbons (Fsp3) is 0.419. The zero-order valence-corrected chi connectivity index (χ0v) is 26.0. The van der Waals surface area contributed by atoms with E-state index in [2.05, 4.69) is 66.0 Å². The lowest BCUT2D eigenvalue weighted by atomic mass is 9.42. The topological polar surface area (TPSA) is 81.9 Å². The zero-order chi connectivity index (χ0) is 29.0. The van der Waals surface area contributed by atoms with Crippen LogP contribution in [-0.2, 0) is 16.3 Å². The highest BCUT2D eigenvalue weighted by atomic mass is 28.3. The molecule has 3 aromatic heterocycles. The number of anilines is 1. The van der Waals surface area contributed by atoms with Crippen LogP contribution in [0.25, 0.3) is 22.0 Å². The van der Waals surface area contributed by atoms with Crippen LogP contribution >= 0.6 is 0 Å². The molecule has 7 nitrogen and oxygen atoms in total. The van der Waals surface area contributed by atoms with Gasteiger partial charge in [-0.05, 0) is 42.3 Å².